The van der Waals surface area contributed by atoms with Crippen molar-refractivity contribution in [2.24, 2.45) is 0 Å². The van der Waals surface area contributed by atoms with E-state index in [2.05, 4.69) is 17.1 Å². The molecule has 2 unspecified atom stereocenters. The minimum absolute atomic E-state index is 0.0338. The van der Waals surface area contributed by atoms with Gasteiger partial charge in [0.2, 0.25) is 0 Å². The minimum Gasteiger partial charge on any atom is -0.396 e. The quantitative estimate of drug-likeness (QED) is 0.471. The minimum atomic E-state index is -0.266. The fourth-order valence-electron chi connectivity index (χ4n) is 1.39. The van der Waals surface area contributed by atoms with Crippen LogP contribution in [0.1, 0.15) is 33.1 Å². The summed E-state index contributed by atoms with van der Waals surface area (Å²) in [6, 6.07) is 0. The molecule has 0 aliphatic heterocycles. The molecule has 0 saturated carbocycles. The lowest BCUT2D eigenvalue weighted by Crippen LogP contribution is -2.48. The Labute approximate surface area is 93.6 Å². The first-order valence-electron chi connectivity index (χ1n) is 5.59. The molecule has 0 aliphatic rings. The van der Waals surface area contributed by atoms with Crippen LogP contribution in [0.15, 0.2) is 0 Å². The molecule has 0 saturated heterocycles. The maximum atomic E-state index is 8.76. The number of nitrogens with one attached hydrogen (secondary N) is 1. The van der Waals surface area contributed by atoms with Gasteiger partial charge in [-0.15, -0.1) is 0 Å². The monoisotopic (exact) mass is 218 g/mol. The Bertz CT molecular complexity index is 165. The largest absolute Gasteiger partial charge is 0.396 e. The van der Waals surface area contributed by atoms with Crippen molar-refractivity contribution in [3.05, 3.63) is 0 Å². The first kappa shape index (κ1) is 14.8. The van der Waals surface area contributed by atoms with E-state index in [0.717, 1.165) is 19.3 Å². The Morgan fingerprint density at radius 3 is 2.40 bits per heavy atom. The molecule has 0 aliphatic carbocycles. The molecule has 0 aromatic heterocycles. The van der Waals surface area contributed by atoms with E-state index < -0.39 is 0 Å². The molecule has 4 heteroatoms. The Balaban J connectivity index is 4.19. The molecule has 0 radical (unpaired) electrons. The number of unbranched alkanes of at least 4 members (excludes halogenated alkanes) is 1. The second-order valence-corrected chi connectivity index (χ2v) is 4.30. The van der Waals surface area contributed by atoms with E-state index in [1.807, 2.05) is 28.1 Å². The molecule has 0 amide bonds. The van der Waals surface area contributed by atoms with Gasteiger partial charge in [0.25, 0.3) is 0 Å². The van der Waals surface area contributed by atoms with Crippen molar-refractivity contribution in [3.8, 4) is 0 Å². The zero-order chi connectivity index (χ0) is 11.9. The summed E-state index contributed by atoms with van der Waals surface area (Å²) in [6.45, 7) is 4.33. The summed E-state index contributed by atoms with van der Waals surface area (Å²) >= 11 is 0. The van der Waals surface area contributed by atoms with Crippen molar-refractivity contribution in [2.45, 2.75) is 45.1 Å². The van der Waals surface area contributed by atoms with Crippen LogP contribution in [0, 0.1) is 0 Å². The van der Waals surface area contributed by atoms with Gasteiger partial charge in [-0.1, -0.05) is 0 Å². The molecule has 2 N–H and O–H groups in total. The van der Waals surface area contributed by atoms with Crippen LogP contribution in [0.4, 0.5) is 0 Å². The molecule has 0 bridgehead atoms. The van der Waals surface area contributed by atoms with Crippen molar-refractivity contribution < 1.29 is 9.84 Å². The molecule has 0 rings (SSSR count). The van der Waals surface area contributed by atoms with Gasteiger partial charge in [-0.3, -0.25) is 10.2 Å². The van der Waals surface area contributed by atoms with Gasteiger partial charge in [0.05, 0.1) is 0 Å². The smallest absolute Gasteiger partial charge is 0.120 e. The lowest BCUT2D eigenvalue weighted by Gasteiger charge is -2.38. The van der Waals surface area contributed by atoms with Gasteiger partial charge in [-0.25, -0.2) is 0 Å². The number of aliphatic hydroxyl groups is 1. The predicted octanol–water partition coefficient (Wildman–Crippen LogP) is 1.01. The number of nitrogens with zero attached hydrogens (tertiary/aromatic N) is 1. The second-order valence-electron chi connectivity index (χ2n) is 4.30. The number of rotatable bonds is 8. The summed E-state index contributed by atoms with van der Waals surface area (Å²) in [5.74, 6) is 0. The highest BCUT2D eigenvalue weighted by Crippen LogP contribution is 2.22. The highest BCUT2D eigenvalue weighted by molar-refractivity contribution is 4.73. The Kier molecular flexibility index (Phi) is 7.09. The van der Waals surface area contributed by atoms with E-state index in [1.54, 1.807) is 0 Å². The van der Waals surface area contributed by atoms with Gasteiger partial charge in [-0.05, 0) is 54.3 Å². The third-order valence-corrected chi connectivity index (χ3v) is 2.83. The maximum Gasteiger partial charge on any atom is 0.120 e. The molecule has 0 fully saturated rings. The summed E-state index contributed by atoms with van der Waals surface area (Å²) in [4.78, 5) is 2.08. The lowest BCUT2D eigenvalue weighted by atomic mass is 10.1. The molecule has 92 valence electrons. The summed E-state index contributed by atoms with van der Waals surface area (Å²) in [5.41, 5.74) is -0.266. The summed E-state index contributed by atoms with van der Waals surface area (Å²) in [7, 11) is 5.91. The van der Waals surface area contributed by atoms with Crippen LogP contribution in [-0.2, 0) is 4.74 Å². The molecule has 2 atom stereocenters. The highest BCUT2D eigenvalue weighted by Gasteiger charge is 2.28. The number of ether oxygens (including phenoxy) is 1. The lowest BCUT2D eigenvalue weighted by molar-refractivity contribution is -0.167. The van der Waals surface area contributed by atoms with Crippen molar-refractivity contribution in [1.82, 2.24) is 10.2 Å². The fourth-order valence-corrected chi connectivity index (χ4v) is 1.39. The zero-order valence-corrected chi connectivity index (χ0v) is 10.7. The second kappa shape index (κ2) is 7.17. The summed E-state index contributed by atoms with van der Waals surface area (Å²) in [5, 5.41) is 11.8. The maximum absolute atomic E-state index is 8.76. The van der Waals surface area contributed by atoms with Gasteiger partial charge in [0.15, 0.2) is 0 Å². The zero-order valence-electron chi connectivity index (χ0n) is 10.7. The molecule has 0 spiro atoms. The van der Waals surface area contributed by atoms with Crippen molar-refractivity contribution in [3.63, 3.8) is 0 Å². The molecule has 0 aromatic carbocycles. The Morgan fingerprint density at radius 2 is 2.00 bits per heavy atom. The molecular weight excluding hydrogens is 192 g/mol. The van der Waals surface area contributed by atoms with E-state index in [4.69, 9.17) is 9.84 Å². The third kappa shape index (κ3) is 5.47. The standard InChI is InChI=1S/C11H26N2O2/c1-10(12-3)15-11(2,13(4)5)8-6-7-9-14/h10,12,14H,6-9H2,1-5H3. The average Bonchev–Trinajstić information content (AvgIpc) is 2.17. The Hall–Kier alpha value is -0.160. The summed E-state index contributed by atoms with van der Waals surface area (Å²) < 4.78 is 5.93. The van der Waals surface area contributed by atoms with Crippen LogP contribution < -0.4 is 5.32 Å². The number of aliphatic hydroxyl groups excluding tert-OH is 1. The van der Waals surface area contributed by atoms with Gasteiger partial charge >= 0.3 is 0 Å². The number of hydrogen-bond acceptors (Lipinski definition) is 4. The fraction of sp³-hybridized carbons (Fsp3) is 1.00. The third-order valence-electron chi connectivity index (χ3n) is 2.83. The molecule has 0 aromatic rings. The molecule has 4 nitrogen and oxygen atoms in total. The summed E-state index contributed by atoms with van der Waals surface area (Å²) in [6.07, 6.45) is 2.76. The molecule has 15 heavy (non-hydrogen) atoms. The SMILES string of the molecule is CNC(C)OC(C)(CCCCO)N(C)C. The normalized spacial score (nSPS) is 17.8. The van der Waals surface area contributed by atoms with E-state index in [-0.39, 0.29) is 18.6 Å². The van der Waals surface area contributed by atoms with Crippen molar-refractivity contribution in [1.29, 1.82) is 0 Å². The molecule has 0 heterocycles. The van der Waals surface area contributed by atoms with E-state index in [0.29, 0.717) is 0 Å². The first-order chi connectivity index (χ1) is 6.96. The van der Waals surface area contributed by atoms with Gasteiger partial charge in [0.1, 0.15) is 12.0 Å². The van der Waals surface area contributed by atoms with Crippen LogP contribution in [0.5, 0.6) is 0 Å². The van der Waals surface area contributed by atoms with Crippen LogP contribution >= 0.6 is 0 Å². The van der Waals surface area contributed by atoms with Gasteiger partial charge in [-0.2, -0.15) is 0 Å². The molecular formula is C11H26N2O2. The average molecular weight is 218 g/mol. The van der Waals surface area contributed by atoms with Crippen LogP contribution in [0.2, 0.25) is 0 Å². The van der Waals surface area contributed by atoms with Crippen molar-refractivity contribution in [2.75, 3.05) is 27.7 Å². The van der Waals surface area contributed by atoms with E-state index in [9.17, 15) is 0 Å². The highest BCUT2D eigenvalue weighted by atomic mass is 16.5. The van der Waals surface area contributed by atoms with E-state index >= 15 is 0 Å². The van der Waals surface area contributed by atoms with Gasteiger partial charge in [0, 0.05) is 6.61 Å². The van der Waals surface area contributed by atoms with Crippen molar-refractivity contribution >= 4 is 0 Å². The van der Waals surface area contributed by atoms with Gasteiger partial charge < -0.3 is 9.84 Å². The predicted molar refractivity (Wildman–Crippen MR) is 62.6 cm³/mol. The first-order valence-corrected chi connectivity index (χ1v) is 5.59. The Morgan fingerprint density at radius 1 is 1.40 bits per heavy atom. The van der Waals surface area contributed by atoms with E-state index in [1.165, 1.54) is 0 Å². The number of hydrogen-bond donors (Lipinski definition) is 2. The van der Waals surface area contributed by atoms with Crippen LogP contribution in [0.3, 0.4) is 0 Å². The van der Waals surface area contributed by atoms with Crippen LogP contribution in [-0.4, -0.2) is 49.7 Å². The van der Waals surface area contributed by atoms with Crippen LogP contribution in [0.25, 0.3) is 0 Å². The topological polar surface area (TPSA) is 44.7 Å².